The molecule has 278 valence electrons. The molecule has 2 aromatic carbocycles. The number of amides is 1. The summed E-state index contributed by atoms with van der Waals surface area (Å²) in [6, 6.07) is 10.7. The van der Waals surface area contributed by atoms with Crippen molar-refractivity contribution in [1.82, 2.24) is 24.8 Å². The van der Waals surface area contributed by atoms with Gasteiger partial charge in [-0.05, 0) is 91.3 Å². The van der Waals surface area contributed by atoms with Crippen molar-refractivity contribution >= 4 is 36.1 Å². The molecule has 2 N–H and O–H groups in total. The van der Waals surface area contributed by atoms with Crippen molar-refractivity contribution in [2.75, 3.05) is 43.6 Å². The van der Waals surface area contributed by atoms with Crippen LogP contribution in [0, 0.1) is 11.6 Å². The van der Waals surface area contributed by atoms with Crippen molar-refractivity contribution in [3.05, 3.63) is 72.3 Å². The number of rotatable bonds is 18. The zero-order chi connectivity index (χ0) is 37.2. The number of hydrogen-bond acceptors (Lipinski definition) is 11. The molecule has 0 saturated heterocycles. The van der Waals surface area contributed by atoms with Gasteiger partial charge >= 0.3 is 7.82 Å². The molecule has 0 atom stereocenters. The number of phosphoric acid groups is 1. The van der Waals surface area contributed by atoms with Gasteiger partial charge in [-0.3, -0.25) is 23.8 Å². The number of fused-ring (bicyclic) bond motifs is 1. The quantitative estimate of drug-likeness (QED) is 0.0781. The predicted octanol–water partition coefficient (Wildman–Crippen LogP) is 7.40. The Morgan fingerprint density at radius 3 is 2.41 bits per heavy atom. The monoisotopic (exact) mass is 731 g/mol. The Kier molecular flexibility index (Phi) is 13.6. The molecule has 16 heteroatoms. The smallest absolute Gasteiger partial charge is 0.475 e. The van der Waals surface area contributed by atoms with Gasteiger partial charge in [0.25, 0.3) is 0 Å². The van der Waals surface area contributed by atoms with E-state index in [0.717, 1.165) is 32.0 Å². The maximum atomic E-state index is 14.0. The molecule has 0 spiro atoms. The van der Waals surface area contributed by atoms with E-state index >= 15 is 0 Å². The van der Waals surface area contributed by atoms with Crippen molar-refractivity contribution in [2.24, 2.45) is 0 Å². The number of nitrogens with one attached hydrogen (secondary N) is 2. The van der Waals surface area contributed by atoms with Crippen LogP contribution in [0.25, 0.3) is 10.9 Å². The molecule has 51 heavy (non-hydrogen) atoms. The zero-order valence-corrected chi connectivity index (χ0v) is 31.1. The number of halogens is 2. The highest BCUT2D eigenvalue weighted by Crippen LogP contribution is 2.55. The summed E-state index contributed by atoms with van der Waals surface area (Å²) in [6.45, 7) is 15.7. The van der Waals surface area contributed by atoms with Gasteiger partial charge in [0.15, 0.2) is 17.5 Å². The number of carbonyl (C=O) groups excluding carboxylic acids is 1. The third-order valence-corrected chi connectivity index (χ3v) is 9.01. The molecule has 2 heterocycles. The number of carbonyl (C=O) groups is 1. The van der Waals surface area contributed by atoms with E-state index in [9.17, 15) is 18.1 Å². The largest absolute Gasteiger partial charge is 0.493 e. The van der Waals surface area contributed by atoms with Crippen LogP contribution in [0.2, 0.25) is 0 Å². The third-order valence-electron chi connectivity index (χ3n) is 6.96. The molecule has 0 aliphatic carbocycles. The van der Waals surface area contributed by atoms with Gasteiger partial charge in [-0.25, -0.2) is 23.3 Å². The van der Waals surface area contributed by atoms with Crippen LogP contribution in [0.4, 0.5) is 20.3 Å². The average molecular weight is 732 g/mol. The maximum absolute atomic E-state index is 14.0. The highest BCUT2D eigenvalue weighted by atomic mass is 31.2. The molecule has 13 nitrogen and oxygen atoms in total. The average Bonchev–Trinajstić information content (AvgIpc) is 3.45. The summed E-state index contributed by atoms with van der Waals surface area (Å²) in [5, 5.41) is 7.31. The summed E-state index contributed by atoms with van der Waals surface area (Å²) in [5.41, 5.74) is 2.52. The summed E-state index contributed by atoms with van der Waals surface area (Å²) in [7, 11) is -3.78. The number of aromatic nitrogens is 4. The second kappa shape index (κ2) is 17.5. The van der Waals surface area contributed by atoms with Crippen LogP contribution in [0.1, 0.15) is 67.0 Å². The van der Waals surface area contributed by atoms with Crippen LogP contribution in [-0.2, 0) is 29.4 Å². The Morgan fingerprint density at radius 2 is 1.71 bits per heavy atom. The fourth-order valence-electron chi connectivity index (χ4n) is 4.99. The first-order chi connectivity index (χ1) is 24.0. The van der Waals surface area contributed by atoms with Gasteiger partial charge in [0.1, 0.15) is 12.1 Å². The van der Waals surface area contributed by atoms with E-state index in [1.165, 1.54) is 29.4 Å². The minimum Gasteiger partial charge on any atom is -0.493 e. The molecule has 0 fully saturated rings. The van der Waals surface area contributed by atoms with Crippen LogP contribution >= 0.6 is 7.82 Å². The zero-order valence-electron chi connectivity index (χ0n) is 30.2. The molecule has 4 rings (SSSR count). The standard InChI is InChI=1S/C35H48F2N7O6P/c1-8-17-43(19-21-48-51(46,49-34(2,3)4)50-35(5,6)7)18-10-20-47-26-13-14-27-30(23-26)38-24-39-33(27)42-44-25(15-16-40-44)22-31(45)41-29-12-9-11-28(36)32(29)37/h9,11-16,23-24H,8,10,17-22H2,1-7H3,(H,41,45)(H,38,39,42). The van der Waals surface area contributed by atoms with Gasteiger partial charge in [0.2, 0.25) is 5.91 Å². The summed E-state index contributed by atoms with van der Waals surface area (Å²) >= 11 is 0. The molecule has 1 amide bonds. The Bertz CT molecular complexity index is 1790. The fourth-order valence-corrected chi connectivity index (χ4v) is 6.78. The number of anilines is 2. The lowest BCUT2D eigenvalue weighted by Gasteiger charge is -2.31. The molecular formula is C35H48F2N7O6P. The first-order valence-corrected chi connectivity index (χ1v) is 18.3. The predicted molar refractivity (Wildman–Crippen MR) is 192 cm³/mol. The molecule has 0 saturated carbocycles. The Balaban J connectivity index is 1.30. The van der Waals surface area contributed by atoms with E-state index in [1.807, 2.05) is 59.7 Å². The molecular weight excluding hydrogens is 683 g/mol. The van der Waals surface area contributed by atoms with Crippen molar-refractivity contribution in [1.29, 1.82) is 0 Å². The van der Waals surface area contributed by atoms with Crippen molar-refractivity contribution in [3.63, 3.8) is 0 Å². The Labute approximate surface area is 297 Å². The van der Waals surface area contributed by atoms with Gasteiger partial charge in [-0.1, -0.05) is 13.0 Å². The van der Waals surface area contributed by atoms with Crippen molar-refractivity contribution in [3.8, 4) is 5.75 Å². The van der Waals surface area contributed by atoms with Gasteiger partial charge < -0.3 is 15.0 Å². The topological polar surface area (TPSA) is 142 Å². The summed E-state index contributed by atoms with van der Waals surface area (Å²) in [4.78, 5) is 24.9. The van der Waals surface area contributed by atoms with Crippen LogP contribution < -0.4 is 15.5 Å². The number of phosphoric ester groups is 1. The lowest BCUT2D eigenvalue weighted by molar-refractivity contribution is -0.115. The van der Waals surface area contributed by atoms with Crippen LogP contribution in [0.5, 0.6) is 5.75 Å². The van der Waals surface area contributed by atoms with E-state index in [0.29, 0.717) is 41.3 Å². The number of benzene rings is 2. The van der Waals surface area contributed by atoms with E-state index in [4.69, 9.17) is 18.3 Å². The lowest BCUT2D eigenvalue weighted by atomic mass is 10.2. The normalized spacial score (nSPS) is 12.4. The minimum atomic E-state index is -3.78. The first kappa shape index (κ1) is 39.8. The Morgan fingerprint density at radius 1 is 0.961 bits per heavy atom. The van der Waals surface area contributed by atoms with E-state index in [1.54, 1.807) is 6.07 Å². The van der Waals surface area contributed by atoms with E-state index in [2.05, 4.69) is 37.6 Å². The lowest BCUT2D eigenvalue weighted by Crippen LogP contribution is -2.31. The van der Waals surface area contributed by atoms with Crippen LogP contribution in [-0.4, -0.2) is 74.7 Å². The Hall–Kier alpha value is -4.01. The fraction of sp³-hybridized carbons (Fsp3) is 0.486. The van der Waals surface area contributed by atoms with E-state index in [-0.39, 0.29) is 18.7 Å². The maximum Gasteiger partial charge on any atom is 0.475 e. The summed E-state index contributed by atoms with van der Waals surface area (Å²) < 4.78 is 64.2. The third kappa shape index (κ3) is 12.6. The second-order valence-electron chi connectivity index (χ2n) is 13.8. The van der Waals surface area contributed by atoms with Crippen molar-refractivity contribution < 1.29 is 36.4 Å². The summed E-state index contributed by atoms with van der Waals surface area (Å²) in [6.07, 6.45) is 4.43. The summed E-state index contributed by atoms with van der Waals surface area (Å²) in [5.74, 6) is -1.65. The molecule has 0 radical (unpaired) electrons. The molecule has 4 aromatic rings. The second-order valence-corrected chi connectivity index (χ2v) is 15.3. The highest BCUT2D eigenvalue weighted by Gasteiger charge is 2.37. The molecule has 0 unspecified atom stereocenters. The minimum absolute atomic E-state index is 0.162. The van der Waals surface area contributed by atoms with Gasteiger partial charge in [0, 0.05) is 24.5 Å². The number of nitrogens with zero attached hydrogens (tertiary/aromatic N) is 5. The van der Waals surface area contributed by atoms with E-state index < -0.39 is 36.6 Å². The highest BCUT2D eigenvalue weighted by molar-refractivity contribution is 7.48. The molecule has 2 aromatic heterocycles. The molecule has 0 bridgehead atoms. The molecule has 0 aliphatic rings. The van der Waals surface area contributed by atoms with Crippen LogP contribution in [0.15, 0.2) is 55.0 Å². The number of hydrogen-bond donors (Lipinski definition) is 2. The number of ether oxygens (including phenoxy) is 1. The first-order valence-electron chi connectivity index (χ1n) is 16.8. The van der Waals surface area contributed by atoms with Gasteiger partial charge in [-0.15, -0.1) is 0 Å². The van der Waals surface area contributed by atoms with Gasteiger partial charge in [0.05, 0.1) is 53.9 Å². The van der Waals surface area contributed by atoms with Gasteiger partial charge in [-0.2, -0.15) is 9.89 Å². The SMILES string of the molecule is CCCN(CCCOc1ccc2c(Nn3nccc3CC(=O)Nc3cccc(F)c3F)ncnc2c1)CCOP(=O)(OC(C)(C)C)OC(C)(C)C. The van der Waals surface area contributed by atoms with Crippen molar-refractivity contribution in [2.45, 2.75) is 78.9 Å². The van der Waals surface area contributed by atoms with Crippen LogP contribution in [0.3, 0.4) is 0 Å². The molecule has 0 aliphatic heterocycles.